The van der Waals surface area contributed by atoms with Crippen LogP contribution in [0.15, 0.2) is 52.6 Å². The molecule has 0 atom stereocenters. The molecule has 0 fully saturated rings. The SMILES string of the molecule is C#CCOc1c(Br)cc(/C=N/NC(=O)c2ccc(OCC=C)c(OC)c2)cc1OCC. The van der Waals surface area contributed by atoms with Gasteiger partial charge in [-0.15, -0.1) is 6.42 Å². The fourth-order valence-corrected chi connectivity index (χ4v) is 3.06. The molecule has 0 saturated carbocycles. The Kier molecular flexibility index (Phi) is 9.46. The molecule has 0 saturated heterocycles. The van der Waals surface area contributed by atoms with Gasteiger partial charge in [-0.1, -0.05) is 18.6 Å². The Labute approximate surface area is 190 Å². The van der Waals surface area contributed by atoms with Crippen molar-refractivity contribution in [2.24, 2.45) is 5.10 Å². The van der Waals surface area contributed by atoms with E-state index in [9.17, 15) is 4.79 Å². The molecule has 1 N–H and O–H groups in total. The number of carbonyl (C=O) groups excluding carboxylic acids is 1. The second-order valence-corrected chi connectivity index (χ2v) is 6.77. The van der Waals surface area contributed by atoms with Crippen molar-refractivity contribution >= 4 is 28.1 Å². The molecule has 0 aromatic heterocycles. The van der Waals surface area contributed by atoms with Crippen LogP contribution in [-0.2, 0) is 0 Å². The van der Waals surface area contributed by atoms with Crippen LogP contribution in [0.4, 0.5) is 0 Å². The number of hydrazone groups is 1. The molecule has 2 rings (SSSR count). The Morgan fingerprint density at radius 3 is 2.71 bits per heavy atom. The molecule has 0 bridgehead atoms. The summed E-state index contributed by atoms with van der Waals surface area (Å²) in [5.74, 6) is 3.99. The zero-order valence-corrected chi connectivity index (χ0v) is 18.9. The molecule has 0 heterocycles. The number of nitrogens with one attached hydrogen (secondary N) is 1. The van der Waals surface area contributed by atoms with Crippen molar-refractivity contribution in [1.29, 1.82) is 0 Å². The van der Waals surface area contributed by atoms with E-state index < -0.39 is 5.91 Å². The molecule has 7 nitrogen and oxygen atoms in total. The van der Waals surface area contributed by atoms with Crippen molar-refractivity contribution in [2.45, 2.75) is 6.92 Å². The van der Waals surface area contributed by atoms with Gasteiger partial charge in [-0.05, 0) is 58.7 Å². The van der Waals surface area contributed by atoms with Crippen LogP contribution in [0.25, 0.3) is 0 Å². The van der Waals surface area contributed by atoms with Crippen molar-refractivity contribution < 1.29 is 23.7 Å². The fraction of sp³-hybridized carbons (Fsp3) is 0.217. The minimum atomic E-state index is -0.400. The highest BCUT2D eigenvalue weighted by Gasteiger charge is 2.13. The first kappa shape index (κ1) is 23.8. The van der Waals surface area contributed by atoms with Gasteiger partial charge in [0.2, 0.25) is 0 Å². The zero-order valence-electron chi connectivity index (χ0n) is 17.3. The molecule has 2 aromatic carbocycles. The number of hydrogen-bond donors (Lipinski definition) is 1. The number of terminal acetylenes is 1. The van der Waals surface area contributed by atoms with Crippen LogP contribution in [0, 0.1) is 12.3 Å². The maximum absolute atomic E-state index is 12.4. The van der Waals surface area contributed by atoms with Gasteiger partial charge in [0.1, 0.15) is 13.2 Å². The lowest BCUT2D eigenvalue weighted by atomic mass is 10.2. The predicted molar refractivity (Wildman–Crippen MR) is 123 cm³/mol. The van der Waals surface area contributed by atoms with Gasteiger partial charge in [0.15, 0.2) is 23.0 Å². The van der Waals surface area contributed by atoms with E-state index in [4.69, 9.17) is 25.4 Å². The molecule has 0 unspecified atom stereocenters. The number of rotatable bonds is 11. The molecular weight excluding hydrogens is 464 g/mol. The van der Waals surface area contributed by atoms with Crippen molar-refractivity contribution in [3.8, 4) is 35.3 Å². The van der Waals surface area contributed by atoms with Crippen molar-refractivity contribution in [3.63, 3.8) is 0 Å². The number of benzene rings is 2. The lowest BCUT2D eigenvalue weighted by Crippen LogP contribution is -2.17. The first-order valence-electron chi connectivity index (χ1n) is 9.31. The highest BCUT2D eigenvalue weighted by atomic mass is 79.9. The Balaban J connectivity index is 2.13. The smallest absolute Gasteiger partial charge is 0.271 e. The van der Waals surface area contributed by atoms with Crippen LogP contribution in [-0.4, -0.2) is 39.1 Å². The van der Waals surface area contributed by atoms with E-state index in [0.717, 1.165) is 0 Å². The summed E-state index contributed by atoms with van der Waals surface area (Å²) < 4.78 is 22.6. The van der Waals surface area contributed by atoms with Crippen LogP contribution in [0.3, 0.4) is 0 Å². The second-order valence-electron chi connectivity index (χ2n) is 5.92. The third-order valence-electron chi connectivity index (χ3n) is 3.79. The van der Waals surface area contributed by atoms with E-state index in [-0.39, 0.29) is 6.61 Å². The van der Waals surface area contributed by atoms with E-state index in [2.05, 4.69) is 39.0 Å². The van der Waals surface area contributed by atoms with E-state index in [1.54, 1.807) is 36.4 Å². The largest absolute Gasteiger partial charge is 0.493 e. The molecule has 1 amide bonds. The molecule has 8 heteroatoms. The van der Waals surface area contributed by atoms with Gasteiger partial charge in [0.25, 0.3) is 5.91 Å². The van der Waals surface area contributed by atoms with Crippen molar-refractivity contribution in [2.75, 3.05) is 26.9 Å². The number of methoxy groups -OCH3 is 1. The summed E-state index contributed by atoms with van der Waals surface area (Å²) in [7, 11) is 1.50. The summed E-state index contributed by atoms with van der Waals surface area (Å²) in [6.45, 7) is 6.36. The Morgan fingerprint density at radius 2 is 2.03 bits per heavy atom. The Morgan fingerprint density at radius 1 is 1.23 bits per heavy atom. The highest BCUT2D eigenvalue weighted by molar-refractivity contribution is 9.10. The number of nitrogens with zero attached hydrogens (tertiary/aromatic N) is 1. The third-order valence-corrected chi connectivity index (χ3v) is 4.38. The summed E-state index contributed by atoms with van der Waals surface area (Å²) in [5, 5.41) is 4.02. The average molecular weight is 487 g/mol. The zero-order chi connectivity index (χ0) is 22.6. The number of hydrogen-bond acceptors (Lipinski definition) is 6. The van der Waals surface area contributed by atoms with Gasteiger partial charge in [-0.2, -0.15) is 5.10 Å². The highest BCUT2D eigenvalue weighted by Crippen LogP contribution is 2.36. The average Bonchev–Trinajstić information content (AvgIpc) is 2.77. The molecule has 2 aromatic rings. The fourth-order valence-electron chi connectivity index (χ4n) is 2.49. The van der Waals surface area contributed by atoms with Gasteiger partial charge < -0.3 is 18.9 Å². The summed E-state index contributed by atoms with van der Waals surface area (Å²) in [5.41, 5.74) is 3.54. The standard InChI is InChI=1S/C23H23BrN2O5/c1-5-10-30-19-9-8-17(14-20(19)28-4)23(27)26-25-15-16-12-18(24)22(31-11-6-2)21(13-16)29-7-3/h2,5,8-9,12-15H,1,7,10-11H2,3-4H3,(H,26,27)/b25-15+. The van der Waals surface area contributed by atoms with Gasteiger partial charge in [0, 0.05) is 5.56 Å². The lowest BCUT2D eigenvalue weighted by molar-refractivity contribution is 0.0954. The quantitative estimate of drug-likeness (QED) is 0.223. The van der Waals surface area contributed by atoms with E-state index in [1.165, 1.54) is 13.3 Å². The van der Waals surface area contributed by atoms with Gasteiger partial charge in [-0.25, -0.2) is 5.43 Å². The molecule has 0 spiro atoms. The van der Waals surface area contributed by atoms with Crippen LogP contribution in [0.5, 0.6) is 23.0 Å². The Hall–Kier alpha value is -3.44. The minimum Gasteiger partial charge on any atom is -0.493 e. The molecule has 0 aliphatic heterocycles. The first-order chi connectivity index (χ1) is 15.0. The summed E-state index contributed by atoms with van der Waals surface area (Å²) >= 11 is 3.44. The predicted octanol–water partition coefficient (Wildman–Crippen LogP) is 4.20. The monoisotopic (exact) mass is 486 g/mol. The van der Waals surface area contributed by atoms with Crippen molar-refractivity contribution in [3.05, 3.63) is 58.6 Å². The topological polar surface area (TPSA) is 78.4 Å². The van der Waals surface area contributed by atoms with Crippen molar-refractivity contribution in [1.82, 2.24) is 5.43 Å². The van der Waals surface area contributed by atoms with E-state index >= 15 is 0 Å². The summed E-state index contributed by atoms with van der Waals surface area (Å²) in [4.78, 5) is 12.4. The number of ether oxygens (including phenoxy) is 4. The Bertz CT molecular complexity index is 998. The van der Waals surface area contributed by atoms with E-state index in [1.807, 2.05) is 6.92 Å². The summed E-state index contributed by atoms with van der Waals surface area (Å²) in [6, 6.07) is 8.36. The van der Waals surface area contributed by atoms with E-state index in [0.29, 0.717) is 51.8 Å². The number of carbonyl (C=O) groups is 1. The normalized spacial score (nSPS) is 10.3. The molecule has 0 aliphatic carbocycles. The molecule has 31 heavy (non-hydrogen) atoms. The van der Waals surface area contributed by atoms with Crippen LogP contribution in [0.2, 0.25) is 0 Å². The lowest BCUT2D eigenvalue weighted by Gasteiger charge is -2.13. The maximum Gasteiger partial charge on any atom is 0.271 e. The van der Waals surface area contributed by atoms with Crippen LogP contribution >= 0.6 is 15.9 Å². The van der Waals surface area contributed by atoms with Gasteiger partial charge >= 0.3 is 0 Å². The van der Waals surface area contributed by atoms with Crippen LogP contribution < -0.4 is 24.4 Å². The number of amides is 1. The second kappa shape index (κ2) is 12.3. The maximum atomic E-state index is 12.4. The molecule has 162 valence electrons. The number of halogens is 1. The first-order valence-corrected chi connectivity index (χ1v) is 10.1. The molecule has 0 aliphatic rings. The van der Waals surface area contributed by atoms with Crippen LogP contribution in [0.1, 0.15) is 22.8 Å². The van der Waals surface area contributed by atoms with Gasteiger partial charge in [0.05, 0.1) is 24.4 Å². The van der Waals surface area contributed by atoms with Gasteiger partial charge in [-0.3, -0.25) is 4.79 Å². The molecular formula is C23H23BrN2O5. The molecule has 0 radical (unpaired) electrons. The summed E-state index contributed by atoms with van der Waals surface area (Å²) in [6.07, 6.45) is 8.38. The minimum absolute atomic E-state index is 0.114. The third kappa shape index (κ3) is 6.79.